The van der Waals surface area contributed by atoms with Crippen LogP contribution in [-0.2, 0) is 13.0 Å². The zero-order valence-electron chi connectivity index (χ0n) is 10.1. The van der Waals surface area contributed by atoms with Crippen molar-refractivity contribution in [2.45, 2.75) is 13.0 Å². The smallest absolute Gasteiger partial charge is 0.264 e. The third-order valence-corrected chi connectivity index (χ3v) is 3.38. The summed E-state index contributed by atoms with van der Waals surface area (Å²) < 4.78 is 7.41. The van der Waals surface area contributed by atoms with Crippen LogP contribution in [0.5, 0.6) is 5.75 Å². The molecule has 0 amide bonds. The Balaban J connectivity index is 2.07. The Bertz CT molecular complexity index is 575. The summed E-state index contributed by atoms with van der Waals surface area (Å²) >= 11 is 3.24. The maximum Gasteiger partial charge on any atom is 0.264 e. The van der Waals surface area contributed by atoms with Gasteiger partial charge in [0.1, 0.15) is 5.75 Å². The van der Waals surface area contributed by atoms with Crippen molar-refractivity contribution >= 4 is 15.9 Å². The van der Waals surface area contributed by atoms with Crippen molar-refractivity contribution in [3.05, 3.63) is 63.0 Å². The first-order valence-corrected chi connectivity index (χ1v) is 6.48. The van der Waals surface area contributed by atoms with Crippen molar-refractivity contribution in [3.8, 4) is 5.75 Å². The van der Waals surface area contributed by atoms with Crippen LogP contribution in [-0.4, -0.2) is 11.7 Å². The Morgan fingerprint density at radius 2 is 1.94 bits per heavy atom. The van der Waals surface area contributed by atoms with Gasteiger partial charge in [-0.1, -0.05) is 12.1 Å². The molecule has 0 spiro atoms. The van der Waals surface area contributed by atoms with E-state index in [0.717, 1.165) is 12.2 Å². The molecule has 0 saturated carbocycles. The quantitative estimate of drug-likeness (QED) is 0.870. The van der Waals surface area contributed by atoms with Gasteiger partial charge in [0.2, 0.25) is 0 Å². The Hall–Kier alpha value is -1.55. The fraction of sp³-hybridized carbons (Fsp3) is 0.214. The minimum atomic E-state index is 0.00557. The van der Waals surface area contributed by atoms with E-state index in [1.165, 1.54) is 5.56 Å². The summed E-state index contributed by atoms with van der Waals surface area (Å²) in [4.78, 5) is 11.8. The van der Waals surface area contributed by atoms with E-state index in [9.17, 15) is 4.79 Å². The van der Waals surface area contributed by atoms with Gasteiger partial charge in [-0.15, -0.1) is 0 Å². The molecule has 0 atom stereocenters. The molecule has 18 heavy (non-hydrogen) atoms. The molecule has 1 aromatic carbocycles. The maximum atomic E-state index is 11.8. The first-order chi connectivity index (χ1) is 8.70. The molecule has 1 aromatic heterocycles. The van der Waals surface area contributed by atoms with E-state index < -0.39 is 0 Å². The van der Waals surface area contributed by atoms with Crippen LogP contribution in [0, 0.1) is 0 Å². The Morgan fingerprint density at radius 3 is 2.61 bits per heavy atom. The molecule has 0 bridgehead atoms. The van der Waals surface area contributed by atoms with E-state index in [-0.39, 0.29) is 5.56 Å². The summed E-state index contributed by atoms with van der Waals surface area (Å²) in [5.41, 5.74) is 1.19. The van der Waals surface area contributed by atoms with Gasteiger partial charge in [0.15, 0.2) is 0 Å². The molecule has 2 aromatic rings. The summed E-state index contributed by atoms with van der Waals surface area (Å²) in [6.45, 7) is 0.671. The van der Waals surface area contributed by atoms with Gasteiger partial charge in [-0.2, -0.15) is 0 Å². The van der Waals surface area contributed by atoms with Gasteiger partial charge in [-0.3, -0.25) is 4.79 Å². The lowest BCUT2D eigenvalue weighted by Crippen LogP contribution is -2.20. The Kier molecular flexibility index (Phi) is 4.20. The van der Waals surface area contributed by atoms with E-state index >= 15 is 0 Å². The van der Waals surface area contributed by atoms with Crippen molar-refractivity contribution in [3.63, 3.8) is 0 Å². The molecule has 0 radical (unpaired) electrons. The molecule has 2 rings (SSSR count). The number of halogens is 1. The highest BCUT2D eigenvalue weighted by Crippen LogP contribution is 2.12. The molecule has 0 N–H and O–H groups in total. The van der Waals surface area contributed by atoms with Gasteiger partial charge in [0.25, 0.3) is 5.56 Å². The van der Waals surface area contributed by atoms with Gasteiger partial charge >= 0.3 is 0 Å². The SMILES string of the molecule is COc1ccc(CCn2cccc(Br)c2=O)cc1. The van der Waals surface area contributed by atoms with Gasteiger partial charge in [0, 0.05) is 12.7 Å². The molecule has 1 heterocycles. The van der Waals surface area contributed by atoms with E-state index in [0.29, 0.717) is 11.0 Å². The van der Waals surface area contributed by atoms with E-state index in [1.807, 2.05) is 30.3 Å². The number of hydrogen-bond donors (Lipinski definition) is 0. The highest BCUT2D eigenvalue weighted by Gasteiger charge is 2.00. The fourth-order valence-electron chi connectivity index (χ4n) is 1.73. The molecule has 0 saturated heterocycles. The standard InChI is InChI=1S/C14H14BrNO2/c1-18-12-6-4-11(5-7-12)8-10-16-9-2-3-13(15)14(16)17/h2-7,9H,8,10H2,1H3. The van der Waals surface area contributed by atoms with Crippen LogP contribution in [0.3, 0.4) is 0 Å². The fourth-order valence-corrected chi connectivity index (χ4v) is 2.11. The largest absolute Gasteiger partial charge is 0.497 e. The van der Waals surface area contributed by atoms with E-state index in [1.54, 1.807) is 23.9 Å². The topological polar surface area (TPSA) is 31.2 Å². The van der Waals surface area contributed by atoms with E-state index in [2.05, 4.69) is 15.9 Å². The van der Waals surface area contributed by atoms with Crippen LogP contribution in [0.15, 0.2) is 51.9 Å². The molecular formula is C14H14BrNO2. The minimum Gasteiger partial charge on any atom is -0.497 e. The molecule has 3 nitrogen and oxygen atoms in total. The monoisotopic (exact) mass is 307 g/mol. The highest BCUT2D eigenvalue weighted by molar-refractivity contribution is 9.10. The molecule has 0 aliphatic carbocycles. The summed E-state index contributed by atoms with van der Waals surface area (Å²) in [7, 11) is 1.65. The average Bonchev–Trinajstić information content (AvgIpc) is 2.41. The molecule has 0 aliphatic heterocycles. The lowest BCUT2D eigenvalue weighted by atomic mass is 10.1. The van der Waals surface area contributed by atoms with Gasteiger partial charge < -0.3 is 9.30 Å². The van der Waals surface area contributed by atoms with Crippen molar-refractivity contribution in [2.75, 3.05) is 7.11 Å². The number of pyridine rings is 1. The molecule has 4 heteroatoms. The average molecular weight is 308 g/mol. The number of ether oxygens (including phenoxy) is 1. The van der Waals surface area contributed by atoms with Crippen molar-refractivity contribution < 1.29 is 4.74 Å². The zero-order chi connectivity index (χ0) is 13.0. The summed E-state index contributed by atoms with van der Waals surface area (Å²) in [5, 5.41) is 0. The van der Waals surface area contributed by atoms with Gasteiger partial charge in [0.05, 0.1) is 11.6 Å². The van der Waals surface area contributed by atoms with Gasteiger partial charge in [-0.25, -0.2) is 0 Å². The van der Waals surface area contributed by atoms with Crippen LogP contribution in [0.1, 0.15) is 5.56 Å². The number of methoxy groups -OCH3 is 1. The Labute approximate surface area is 114 Å². The number of hydrogen-bond acceptors (Lipinski definition) is 2. The number of nitrogens with zero attached hydrogens (tertiary/aromatic N) is 1. The molecular weight excluding hydrogens is 294 g/mol. The lowest BCUT2D eigenvalue weighted by Gasteiger charge is -2.06. The third kappa shape index (κ3) is 3.01. The van der Waals surface area contributed by atoms with Crippen molar-refractivity contribution in [1.82, 2.24) is 4.57 Å². The number of aromatic nitrogens is 1. The lowest BCUT2D eigenvalue weighted by molar-refractivity contribution is 0.414. The number of aryl methyl sites for hydroxylation is 2. The number of benzene rings is 1. The van der Waals surface area contributed by atoms with E-state index in [4.69, 9.17) is 4.74 Å². The highest BCUT2D eigenvalue weighted by atomic mass is 79.9. The minimum absolute atomic E-state index is 0.00557. The van der Waals surface area contributed by atoms with Crippen LogP contribution in [0.25, 0.3) is 0 Å². The maximum absolute atomic E-state index is 11.8. The normalized spacial score (nSPS) is 10.3. The van der Waals surface area contributed by atoms with Crippen LogP contribution >= 0.6 is 15.9 Å². The molecule has 0 fully saturated rings. The molecule has 0 unspecified atom stereocenters. The summed E-state index contributed by atoms with van der Waals surface area (Å²) in [6, 6.07) is 11.5. The Morgan fingerprint density at radius 1 is 1.22 bits per heavy atom. The third-order valence-electron chi connectivity index (χ3n) is 2.77. The first kappa shape index (κ1) is 12.9. The number of rotatable bonds is 4. The van der Waals surface area contributed by atoms with Crippen molar-refractivity contribution in [2.24, 2.45) is 0 Å². The second kappa shape index (κ2) is 5.87. The summed E-state index contributed by atoms with van der Waals surface area (Å²) in [6.07, 6.45) is 2.62. The summed E-state index contributed by atoms with van der Waals surface area (Å²) in [5.74, 6) is 0.846. The molecule has 94 valence electrons. The first-order valence-electron chi connectivity index (χ1n) is 5.68. The van der Waals surface area contributed by atoms with Crippen molar-refractivity contribution in [1.29, 1.82) is 0 Å². The predicted octanol–water partition coefficient (Wildman–Crippen LogP) is 2.86. The van der Waals surface area contributed by atoms with Crippen LogP contribution in [0.4, 0.5) is 0 Å². The second-order valence-corrected chi connectivity index (χ2v) is 4.81. The predicted molar refractivity (Wildman–Crippen MR) is 75.1 cm³/mol. The van der Waals surface area contributed by atoms with Crippen LogP contribution < -0.4 is 10.3 Å². The zero-order valence-corrected chi connectivity index (χ0v) is 11.7. The van der Waals surface area contributed by atoms with Gasteiger partial charge in [-0.05, 0) is 52.2 Å². The molecule has 0 aliphatic rings. The second-order valence-electron chi connectivity index (χ2n) is 3.95. The van der Waals surface area contributed by atoms with Crippen LogP contribution in [0.2, 0.25) is 0 Å².